The van der Waals surface area contributed by atoms with Crippen molar-refractivity contribution in [1.82, 2.24) is 9.97 Å². The van der Waals surface area contributed by atoms with E-state index in [0.717, 1.165) is 31.7 Å². The number of nitrogens with zero attached hydrogens (tertiary/aromatic N) is 3. The van der Waals surface area contributed by atoms with Gasteiger partial charge >= 0.3 is 5.97 Å². The third-order valence-corrected chi connectivity index (χ3v) is 5.07. The summed E-state index contributed by atoms with van der Waals surface area (Å²) in [6, 6.07) is 0. The van der Waals surface area contributed by atoms with Crippen molar-refractivity contribution in [2.24, 2.45) is 5.41 Å². The van der Waals surface area contributed by atoms with Gasteiger partial charge in [0.15, 0.2) is 5.69 Å². The zero-order valence-electron chi connectivity index (χ0n) is 13.2. The van der Waals surface area contributed by atoms with Gasteiger partial charge in [-0.25, -0.2) is 14.8 Å². The highest BCUT2D eigenvalue weighted by atomic mass is 16.5. The van der Waals surface area contributed by atoms with Crippen LogP contribution < -0.4 is 4.90 Å². The zero-order valence-corrected chi connectivity index (χ0v) is 13.2. The second-order valence-corrected chi connectivity index (χ2v) is 6.26. The summed E-state index contributed by atoms with van der Waals surface area (Å²) < 4.78 is 10.4. The number of piperidine rings is 1. The maximum atomic E-state index is 11.4. The second kappa shape index (κ2) is 6.20. The molecule has 6 nitrogen and oxygen atoms in total. The van der Waals surface area contributed by atoms with Gasteiger partial charge in [0.05, 0.1) is 25.6 Å². The van der Waals surface area contributed by atoms with Crippen molar-refractivity contribution in [3.8, 4) is 0 Å². The van der Waals surface area contributed by atoms with E-state index in [4.69, 9.17) is 4.74 Å². The molecule has 6 heteroatoms. The van der Waals surface area contributed by atoms with Crippen LogP contribution in [-0.2, 0) is 9.47 Å². The molecule has 2 heterocycles. The molecule has 2 fully saturated rings. The first-order valence-corrected chi connectivity index (χ1v) is 7.87. The third kappa shape index (κ3) is 2.67. The van der Waals surface area contributed by atoms with E-state index in [9.17, 15) is 4.79 Å². The van der Waals surface area contributed by atoms with Crippen molar-refractivity contribution in [2.75, 3.05) is 32.2 Å². The number of ether oxygens (including phenoxy) is 2. The fraction of sp³-hybridized carbons (Fsp3) is 0.688. The first-order chi connectivity index (χ1) is 10.7. The summed E-state index contributed by atoms with van der Waals surface area (Å²) >= 11 is 0. The Bertz CT molecular complexity index is 534. The lowest BCUT2D eigenvalue weighted by molar-refractivity contribution is 0.00215. The van der Waals surface area contributed by atoms with E-state index in [-0.39, 0.29) is 11.1 Å². The second-order valence-electron chi connectivity index (χ2n) is 6.26. The normalized spacial score (nSPS) is 28.1. The van der Waals surface area contributed by atoms with Crippen LogP contribution in [0.15, 0.2) is 12.4 Å². The maximum Gasteiger partial charge on any atom is 0.358 e. The minimum Gasteiger partial charge on any atom is -0.464 e. The molecule has 1 saturated carbocycles. The van der Waals surface area contributed by atoms with Crippen molar-refractivity contribution in [2.45, 2.75) is 38.2 Å². The third-order valence-electron chi connectivity index (χ3n) is 5.07. The Kier molecular flexibility index (Phi) is 4.29. The average Bonchev–Trinajstić information content (AvgIpc) is 2.96. The number of anilines is 1. The summed E-state index contributed by atoms with van der Waals surface area (Å²) in [5, 5.41) is 0. The highest BCUT2D eigenvalue weighted by molar-refractivity contribution is 5.86. The molecule has 2 atom stereocenters. The lowest BCUT2D eigenvalue weighted by Gasteiger charge is -2.44. The van der Waals surface area contributed by atoms with Crippen LogP contribution in [0.1, 0.15) is 42.6 Å². The molecule has 1 aromatic rings. The number of methoxy groups -OCH3 is 2. The molecule has 22 heavy (non-hydrogen) atoms. The van der Waals surface area contributed by atoms with Crippen molar-refractivity contribution < 1.29 is 14.3 Å². The highest BCUT2D eigenvalue weighted by Crippen LogP contribution is 2.46. The number of rotatable bonds is 3. The van der Waals surface area contributed by atoms with E-state index < -0.39 is 5.97 Å². The lowest BCUT2D eigenvalue weighted by Crippen LogP contribution is -2.48. The van der Waals surface area contributed by atoms with Gasteiger partial charge in [-0.05, 0) is 25.7 Å². The summed E-state index contributed by atoms with van der Waals surface area (Å²) in [4.78, 5) is 22.3. The quantitative estimate of drug-likeness (QED) is 0.796. The molecule has 0 radical (unpaired) electrons. The van der Waals surface area contributed by atoms with Crippen LogP contribution in [0, 0.1) is 5.41 Å². The molecule has 0 bridgehead atoms. The number of hydrogen-bond acceptors (Lipinski definition) is 6. The van der Waals surface area contributed by atoms with Crippen LogP contribution in [-0.4, -0.2) is 49.4 Å². The summed E-state index contributed by atoms with van der Waals surface area (Å²) in [5.41, 5.74) is 0.490. The van der Waals surface area contributed by atoms with E-state index in [1.807, 2.05) is 7.11 Å². The van der Waals surface area contributed by atoms with E-state index in [1.165, 1.54) is 32.6 Å². The zero-order chi connectivity index (χ0) is 15.6. The molecule has 1 aromatic heterocycles. The van der Waals surface area contributed by atoms with Crippen LogP contribution in [0.5, 0.6) is 0 Å². The fourth-order valence-corrected chi connectivity index (χ4v) is 3.99. The van der Waals surface area contributed by atoms with Crippen LogP contribution in [0.3, 0.4) is 0 Å². The van der Waals surface area contributed by atoms with Gasteiger partial charge in [-0.3, -0.25) is 0 Å². The summed E-state index contributed by atoms with van der Waals surface area (Å²) in [6.45, 7) is 1.93. The Morgan fingerprint density at radius 3 is 2.77 bits per heavy atom. The Labute approximate surface area is 130 Å². The number of aromatic nitrogens is 2. The first kappa shape index (κ1) is 15.2. The molecular formula is C16H23N3O3. The van der Waals surface area contributed by atoms with E-state index >= 15 is 0 Å². The molecule has 1 spiro atoms. The predicted molar refractivity (Wildman–Crippen MR) is 81.9 cm³/mol. The predicted octanol–water partition coefficient (Wildman–Crippen LogP) is 2.05. The van der Waals surface area contributed by atoms with Crippen molar-refractivity contribution in [3.63, 3.8) is 0 Å². The molecule has 2 aliphatic rings. The average molecular weight is 305 g/mol. The summed E-state index contributed by atoms with van der Waals surface area (Å²) in [7, 11) is 3.17. The van der Waals surface area contributed by atoms with Gasteiger partial charge in [0, 0.05) is 25.6 Å². The van der Waals surface area contributed by atoms with Gasteiger partial charge in [-0.2, -0.15) is 0 Å². The number of carbonyl (C=O) groups is 1. The van der Waals surface area contributed by atoms with Crippen molar-refractivity contribution >= 4 is 11.8 Å². The Balaban J connectivity index is 1.76. The molecule has 120 valence electrons. The molecule has 0 unspecified atom stereocenters. The van der Waals surface area contributed by atoms with Gasteiger partial charge in [-0.15, -0.1) is 0 Å². The SMILES string of the molecule is COC(=O)c1cnc(N2CCC[C@@]3(CCC[C@H]3OC)C2)cn1. The molecular weight excluding hydrogens is 282 g/mol. The lowest BCUT2D eigenvalue weighted by atomic mass is 9.76. The summed E-state index contributed by atoms with van der Waals surface area (Å²) in [5.74, 6) is 0.373. The molecule has 1 saturated heterocycles. The Hall–Kier alpha value is -1.69. The van der Waals surface area contributed by atoms with E-state index in [0.29, 0.717) is 6.10 Å². The van der Waals surface area contributed by atoms with Gasteiger partial charge in [0.2, 0.25) is 0 Å². The minimum atomic E-state index is -0.454. The molecule has 1 aliphatic heterocycles. The van der Waals surface area contributed by atoms with Crippen LogP contribution in [0.2, 0.25) is 0 Å². The highest BCUT2D eigenvalue weighted by Gasteiger charge is 2.46. The largest absolute Gasteiger partial charge is 0.464 e. The Morgan fingerprint density at radius 2 is 2.09 bits per heavy atom. The molecule has 0 aromatic carbocycles. The van der Waals surface area contributed by atoms with Crippen LogP contribution in [0.25, 0.3) is 0 Å². The number of carbonyl (C=O) groups excluding carboxylic acids is 1. The van der Waals surface area contributed by atoms with Gasteiger partial charge in [0.1, 0.15) is 5.82 Å². The number of hydrogen-bond donors (Lipinski definition) is 0. The van der Waals surface area contributed by atoms with Crippen molar-refractivity contribution in [3.05, 3.63) is 18.1 Å². The Morgan fingerprint density at radius 1 is 1.27 bits per heavy atom. The van der Waals surface area contributed by atoms with Gasteiger partial charge in [-0.1, -0.05) is 6.42 Å². The first-order valence-electron chi connectivity index (χ1n) is 7.87. The minimum absolute atomic E-state index is 0.244. The van der Waals surface area contributed by atoms with E-state index in [2.05, 4.69) is 19.6 Å². The standard InChI is InChI=1S/C16H23N3O3/c1-21-13-5-3-6-16(13)7-4-8-19(11-16)14-10-17-12(9-18-14)15(20)22-2/h9-10,13H,3-8,11H2,1-2H3/t13-,16+/m1/s1. The monoisotopic (exact) mass is 305 g/mol. The van der Waals surface area contributed by atoms with Crippen molar-refractivity contribution in [1.29, 1.82) is 0 Å². The smallest absolute Gasteiger partial charge is 0.358 e. The molecule has 0 N–H and O–H groups in total. The summed E-state index contributed by atoms with van der Waals surface area (Å²) in [6.07, 6.45) is 9.47. The van der Waals surface area contributed by atoms with Gasteiger partial charge in [0.25, 0.3) is 0 Å². The molecule has 1 aliphatic carbocycles. The number of esters is 1. The van der Waals surface area contributed by atoms with Gasteiger partial charge < -0.3 is 14.4 Å². The molecule has 3 rings (SSSR count). The van der Waals surface area contributed by atoms with E-state index in [1.54, 1.807) is 6.20 Å². The van der Waals surface area contributed by atoms with Crippen LogP contribution in [0.4, 0.5) is 5.82 Å². The van der Waals surface area contributed by atoms with Crippen LogP contribution >= 0.6 is 0 Å². The maximum absolute atomic E-state index is 11.4. The topological polar surface area (TPSA) is 64.5 Å². The molecule has 0 amide bonds. The fourth-order valence-electron chi connectivity index (χ4n) is 3.99.